The Balaban J connectivity index is -0.000000156. The van der Waals surface area contributed by atoms with Gasteiger partial charge in [-0.05, 0) is 210 Å². The minimum absolute atomic E-state index is 0.542. The van der Waals surface area contributed by atoms with Gasteiger partial charge in [-0.15, -0.1) is 0 Å². The molecule has 0 unspecified atom stereocenters. The lowest BCUT2D eigenvalue weighted by Crippen LogP contribution is -2.43. The summed E-state index contributed by atoms with van der Waals surface area (Å²) in [4.78, 5) is 0. The molecule has 6 aliphatic rings. The third-order valence-corrected chi connectivity index (χ3v) is 24.2. The van der Waals surface area contributed by atoms with Gasteiger partial charge in [-0.3, -0.25) is 0 Å². The third-order valence-electron chi connectivity index (χ3n) is 24.2. The maximum absolute atomic E-state index is 2.49. The molecule has 0 saturated heterocycles. The van der Waals surface area contributed by atoms with E-state index in [1.54, 1.807) is 25.7 Å². The summed E-state index contributed by atoms with van der Waals surface area (Å²) in [7, 11) is 0. The van der Waals surface area contributed by atoms with E-state index in [1.165, 1.54) is 186 Å². The third kappa shape index (κ3) is 76.2. The Kier molecular flexibility index (Phi) is 72.8. The molecule has 6 aliphatic carbocycles. The van der Waals surface area contributed by atoms with Crippen LogP contribution in [0.25, 0.3) is 0 Å². The van der Waals surface area contributed by atoms with Gasteiger partial charge in [0.25, 0.3) is 0 Å². The Hall–Kier alpha value is 0. The van der Waals surface area contributed by atoms with Crippen molar-refractivity contribution in [3.8, 4) is 0 Å². The van der Waals surface area contributed by atoms with Gasteiger partial charge in [0.2, 0.25) is 0 Å². The largest absolute Gasteiger partial charge is 0.0683 e. The van der Waals surface area contributed by atoms with Crippen molar-refractivity contribution >= 4 is 0 Å². The average molecular weight is 1420 g/mol. The molecule has 0 aromatic carbocycles. The maximum Gasteiger partial charge on any atom is -0.0287 e. The van der Waals surface area contributed by atoms with Gasteiger partial charge < -0.3 is 0 Å². The number of rotatable bonds is 10. The molecule has 0 aromatic rings. The van der Waals surface area contributed by atoms with Crippen molar-refractivity contribution in [2.24, 2.45) is 120 Å². The molecule has 0 N–H and O–H groups in total. The topological polar surface area (TPSA) is 0 Å². The molecule has 6 fully saturated rings. The molecular formula is C100H216. The van der Waals surface area contributed by atoms with Crippen molar-refractivity contribution in [1.29, 1.82) is 0 Å². The van der Waals surface area contributed by atoms with Crippen LogP contribution in [0.3, 0.4) is 0 Å². The SMILES string of the molecule is CC.CC(C)C.CC(C)C(C)C(C)C.CC1CC(C)(C)CC(C)(C)C1.CC1CCC(C)(C)CC1.CC1CCC2(CC1)CC(C)(C)CC(C)(C)C2.CC1CCC2(CCCCC2)CC1.CCC.CCC(C)(C)C.CCC(C)(C)CC.CCC(C)C.CCC(C)CC.CCCC.CC[C@H](C)C(C)C. The molecule has 1 atom stereocenters. The van der Waals surface area contributed by atoms with Crippen LogP contribution in [0.2, 0.25) is 0 Å². The van der Waals surface area contributed by atoms with E-state index in [0.29, 0.717) is 43.3 Å². The zero-order chi connectivity index (χ0) is 80.8. The van der Waals surface area contributed by atoms with Crippen LogP contribution in [0.4, 0.5) is 0 Å². The number of hydrogen-bond acceptors (Lipinski definition) is 0. The zero-order valence-corrected chi connectivity index (χ0v) is 80.8. The molecule has 0 radical (unpaired) electrons. The van der Waals surface area contributed by atoms with Crippen LogP contribution in [0.5, 0.6) is 0 Å². The van der Waals surface area contributed by atoms with Crippen LogP contribution < -0.4 is 0 Å². The first-order chi connectivity index (χ1) is 45.5. The lowest BCUT2D eigenvalue weighted by molar-refractivity contribution is -0.0321. The van der Waals surface area contributed by atoms with Crippen LogP contribution in [-0.4, -0.2) is 0 Å². The first kappa shape index (κ1) is 116. The first-order valence-corrected chi connectivity index (χ1v) is 45.5. The lowest BCUT2D eigenvalue weighted by Gasteiger charge is -2.54. The minimum Gasteiger partial charge on any atom is -0.0683 e. The summed E-state index contributed by atoms with van der Waals surface area (Å²) in [6.45, 7) is 105. The molecule has 6 rings (SSSR count). The van der Waals surface area contributed by atoms with Crippen molar-refractivity contribution in [3.05, 3.63) is 0 Å². The highest BCUT2D eigenvalue weighted by Crippen LogP contribution is 2.60. The monoisotopic (exact) mass is 1420 g/mol. The first-order valence-electron chi connectivity index (χ1n) is 45.5. The Morgan fingerprint density at radius 2 is 0.610 bits per heavy atom. The summed E-state index contributed by atoms with van der Waals surface area (Å²) in [5.41, 5.74) is 5.64. The summed E-state index contributed by atoms with van der Waals surface area (Å²) in [5, 5.41) is 0. The summed E-state index contributed by atoms with van der Waals surface area (Å²) in [6, 6.07) is 0. The van der Waals surface area contributed by atoms with Crippen LogP contribution in [0, 0.1) is 120 Å². The van der Waals surface area contributed by atoms with Crippen molar-refractivity contribution in [2.45, 2.75) is 530 Å². The van der Waals surface area contributed by atoms with Crippen LogP contribution >= 0.6 is 0 Å². The molecule has 100 heavy (non-hydrogen) atoms. The number of hydrogen-bond donors (Lipinski definition) is 0. The van der Waals surface area contributed by atoms with Gasteiger partial charge in [-0.2, -0.15) is 0 Å². The number of unbranched alkanes of at least 4 members (excludes halogenated alkanes) is 1. The van der Waals surface area contributed by atoms with Gasteiger partial charge in [0, 0.05) is 0 Å². The highest BCUT2D eigenvalue weighted by Gasteiger charge is 2.48. The highest BCUT2D eigenvalue weighted by atomic mass is 14.5. The van der Waals surface area contributed by atoms with Crippen LogP contribution in [0.15, 0.2) is 0 Å². The molecule has 6 saturated carbocycles. The molecule has 0 amide bonds. The van der Waals surface area contributed by atoms with Crippen molar-refractivity contribution < 1.29 is 0 Å². The van der Waals surface area contributed by atoms with Gasteiger partial charge in [-0.25, -0.2) is 0 Å². The second-order valence-electron chi connectivity index (χ2n) is 43.1. The van der Waals surface area contributed by atoms with Crippen LogP contribution in [-0.2, 0) is 0 Å². The molecule has 0 aromatic heterocycles. The van der Waals surface area contributed by atoms with E-state index in [-0.39, 0.29) is 0 Å². The molecule has 0 aliphatic heterocycles. The summed E-state index contributed by atoms with van der Waals surface area (Å²) in [5.74, 6) is 10.9. The minimum atomic E-state index is 0.542. The normalized spacial score (nSPS) is 20.4. The van der Waals surface area contributed by atoms with Gasteiger partial charge in [0.05, 0.1) is 0 Å². The molecule has 0 heteroatoms. The van der Waals surface area contributed by atoms with E-state index in [9.17, 15) is 0 Å². The summed E-state index contributed by atoms with van der Waals surface area (Å²) < 4.78 is 0. The molecule has 616 valence electrons. The second-order valence-corrected chi connectivity index (χ2v) is 43.1. The fourth-order valence-electron chi connectivity index (χ4n) is 15.1. The Morgan fingerprint density at radius 1 is 0.330 bits per heavy atom. The van der Waals surface area contributed by atoms with Crippen LogP contribution in [0.1, 0.15) is 530 Å². The van der Waals surface area contributed by atoms with E-state index in [0.717, 1.165) is 76.4 Å². The highest BCUT2D eigenvalue weighted by molar-refractivity contribution is 4.99. The van der Waals surface area contributed by atoms with Crippen molar-refractivity contribution in [3.63, 3.8) is 0 Å². The molecule has 0 bridgehead atoms. The predicted molar refractivity (Wildman–Crippen MR) is 477 cm³/mol. The van der Waals surface area contributed by atoms with E-state index < -0.39 is 0 Å². The maximum atomic E-state index is 2.49. The van der Waals surface area contributed by atoms with Gasteiger partial charge in [0.15, 0.2) is 0 Å². The van der Waals surface area contributed by atoms with Crippen molar-refractivity contribution in [2.75, 3.05) is 0 Å². The average Bonchev–Trinajstić information content (AvgIpc) is 0.768. The second kappa shape index (κ2) is 62.8. The molecule has 0 heterocycles. The molecule has 0 nitrogen and oxygen atoms in total. The van der Waals surface area contributed by atoms with E-state index in [1.807, 2.05) is 13.8 Å². The fourth-order valence-corrected chi connectivity index (χ4v) is 15.1. The standard InChI is InChI=1S/C16H30.C12H22.C11H22.C9H18.C8H18.2C7H16.2C6H14.C5H12.2C4H10.C3H8.C2H6/c1-13-6-8-16(9-7-13)11-14(2,3)10-15(4,5)12-16;1-11-5-9-12(10-6-11)7-3-2-4-8-12;1-9-6-10(2,3)8-11(4,5)7-9;1-8-4-6-9(2,3)7-5-8;1-6(2)8(5)7(3)4;1-5-7(3,4)6-2;1-5-7(4)6(2)3;1-5-6(2,3)4;1-4-6(3)5-2;1-4-5(2)3;1-4(2)3;1-3-4-2;1-3-2;1-2/h13H,6-12H2,1-5H3;11H,2-10H2,1H3;9H,6-8H2,1-5H3;8H,4-7H2,1-3H3;6-8H,1-5H3;5-6H2,1-4H3;6-7H,5H2,1-4H3;5H2,1-4H3;6H,4-5H2,1-3H3;5H,4H2,1-3H3;4H,1-3H3;3-4H2,1-2H3;3H2,1-2H3;1-2H3/t;;;;;;7-;;;;;;;/m......0......./s1. The Bertz CT molecular complexity index is 1570. The fraction of sp³-hybridized carbons (Fsp3) is 1.00. The molecular weight excluding hydrogens is 1200 g/mol. The quantitative estimate of drug-likeness (QED) is 0.205. The lowest BCUT2D eigenvalue weighted by atomic mass is 9.51. The zero-order valence-electron chi connectivity index (χ0n) is 80.8. The summed E-state index contributed by atoms with van der Waals surface area (Å²) in [6.07, 6.45) is 47.2. The Labute approximate surface area is 646 Å². The summed E-state index contributed by atoms with van der Waals surface area (Å²) >= 11 is 0. The van der Waals surface area contributed by atoms with E-state index >= 15 is 0 Å². The van der Waals surface area contributed by atoms with E-state index in [4.69, 9.17) is 0 Å². The molecule has 2 spiro atoms. The van der Waals surface area contributed by atoms with Gasteiger partial charge >= 0.3 is 0 Å². The van der Waals surface area contributed by atoms with E-state index in [2.05, 4.69) is 305 Å². The predicted octanol–water partition coefficient (Wildman–Crippen LogP) is 38.0. The van der Waals surface area contributed by atoms with Crippen molar-refractivity contribution in [1.82, 2.24) is 0 Å². The van der Waals surface area contributed by atoms with Gasteiger partial charge in [-0.1, -0.05) is 440 Å². The smallest absolute Gasteiger partial charge is 0.0287 e. The van der Waals surface area contributed by atoms with Gasteiger partial charge in [0.1, 0.15) is 0 Å². The Morgan fingerprint density at radius 3 is 0.780 bits per heavy atom.